The molecule has 0 radical (unpaired) electrons. The van der Waals surface area contributed by atoms with Crippen molar-refractivity contribution in [1.82, 2.24) is 9.97 Å². The van der Waals surface area contributed by atoms with E-state index in [9.17, 15) is 22.6 Å². The molecule has 0 bridgehead atoms. The van der Waals surface area contributed by atoms with Gasteiger partial charge in [-0.15, -0.1) is 0 Å². The molecule has 0 unspecified atom stereocenters. The monoisotopic (exact) mass is 420 g/mol. The lowest BCUT2D eigenvalue weighted by Crippen LogP contribution is -2.11. The Balaban J connectivity index is 1.99. The van der Waals surface area contributed by atoms with Crippen LogP contribution >= 0.6 is 0 Å². The summed E-state index contributed by atoms with van der Waals surface area (Å²) in [5.74, 6) is 0. The van der Waals surface area contributed by atoms with Crippen LogP contribution in [-0.4, -0.2) is 22.9 Å². The average Bonchev–Trinajstić information content (AvgIpc) is 2.68. The molecule has 0 atom stereocenters. The highest BCUT2D eigenvalue weighted by molar-refractivity contribution is 7.85. The van der Waals surface area contributed by atoms with Crippen LogP contribution in [0.2, 0.25) is 0 Å². The molecule has 0 fully saturated rings. The quantitative estimate of drug-likeness (QED) is 0.283. The normalized spacial score (nSPS) is 12.4. The summed E-state index contributed by atoms with van der Waals surface area (Å²) in [5, 5.41) is 1.51. The Hall–Kier alpha value is -3.49. The molecule has 5 rings (SSSR count). The fourth-order valence-corrected chi connectivity index (χ4v) is 4.56. The molecule has 30 heavy (non-hydrogen) atoms. The Morgan fingerprint density at radius 3 is 2.27 bits per heavy atom. The minimum Gasteiger partial charge on any atom is -0.354 e. The van der Waals surface area contributed by atoms with Gasteiger partial charge in [0, 0.05) is 21.7 Å². The molecule has 0 amide bonds. The van der Waals surface area contributed by atoms with E-state index in [1.54, 1.807) is 19.1 Å². The van der Waals surface area contributed by atoms with Crippen LogP contribution in [0, 0.1) is 13.8 Å². The first-order valence-electron chi connectivity index (χ1n) is 9.18. The van der Waals surface area contributed by atoms with Crippen LogP contribution in [0.1, 0.15) is 11.1 Å². The predicted molar refractivity (Wildman–Crippen MR) is 117 cm³/mol. The van der Waals surface area contributed by atoms with Gasteiger partial charge in [0.2, 0.25) is 0 Å². The van der Waals surface area contributed by atoms with Crippen LogP contribution in [0.5, 0.6) is 0 Å². The Labute approximate surface area is 169 Å². The number of rotatable bonds is 1. The molecule has 0 aliphatic carbocycles. The van der Waals surface area contributed by atoms with E-state index >= 15 is 0 Å². The average molecular weight is 420 g/mol. The Kier molecular flexibility index (Phi) is 3.71. The number of benzene rings is 3. The fraction of sp³-hybridized carbons (Fsp3) is 0.0909. The van der Waals surface area contributed by atoms with Crippen LogP contribution in [0.4, 0.5) is 0 Å². The first-order chi connectivity index (χ1) is 14.1. The number of pyridine rings is 2. The summed E-state index contributed by atoms with van der Waals surface area (Å²) in [4.78, 5) is 32.4. The number of aromatic amines is 2. The molecule has 0 aliphatic rings. The Morgan fingerprint density at radius 1 is 0.767 bits per heavy atom. The molecule has 2 heterocycles. The third-order valence-corrected chi connectivity index (χ3v) is 6.38. The van der Waals surface area contributed by atoms with Crippen LogP contribution < -0.4 is 10.9 Å². The lowest BCUT2D eigenvalue weighted by molar-refractivity contribution is 0.483. The minimum atomic E-state index is -4.44. The first-order valence-corrected chi connectivity index (χ1v) is 10.6. The lowest BCUT2D eigenvalue weighted by atomic mass is 10.00. The summed E-state index contributed by atoms with van der Waals surface area (Å²) in [6, 6.07) is 11.0. The maximum Gasteiger partial charge on any atom is 0.294 e. The molecular formula is C22H16N2O5S. The Bertz CT molecular complexity index is 1780. The van der Waals surface area contributed by atoms with E-state index in [4.69, 9.17) is 0 Å². The molecule has 2 aromatic heterocycles. The third-order valence-electron chi connectivity index (χ3n) is 5.53. The van der Waals surface area contributed by atoms with Gasteiger partial charge in [-0.1, -0.05) is 6.07 Å². The van der Waals surface area contributed by atoms with Crippen molar-refractivity contribution < 1.29 is 13.0 Å². The van der Waals surface area contributed by atoms with Gasteiger partial charge in [-0.3, -0.25) is 14.1 Å². The number of hydrogen-bond donors (Lipinski definition) is 3. The molecule has 0 saturated heterocycles. The fourth-order valence-electron chi connectivity index (χ4n) is 4.05. The second-order valence-electron chi connectivity index (χ2n) is 7.49. The number of H-pyrrole nitrogens is 2. The number of hydrogen-bond acceptors (Lipinski definition) is 4. The van der Waals surface area contributed by atoms with E-state index in [0.29, 0.717) is 43.8 Å². The van der Waals surface area contributed by atoms with Crippen LogP contribution in [-0.2, 0) is 10.1 Å². The van der Waals surface area contributed by atoms with Gasteiger partial charge in [0.1, 0.15) is 0 Å². The molecule has 0 saturated carbocycles. The van der Waals surface area contributed by atoms with Crippen molar-refractivity contribution in [3.63, 3.8) is 0 Å². The molecule has 150 valence electrons. The maximum atomic E-state index is 13.2. The van der Waals surface area contributed by atoms with E-state index in [1.165, 1.54) is 12.1 Å². The summed E-state index contributed by atoms with van der Waals surface area (Å²) in [6.07, 6.45) is 0. The van der Waals surface area contributed by atoms with Gasteiger partial charge in [0.25, 0.3) is 10.1 Å². The van der Waals surface area contributed by atoms with Crippen molar-refractivity contribution in [2.24, 2.45) is 0 Å². The second-order valence-corrected chi connectivity index (χ2v) is 8.91. The van der Waals surface area contributed by atoms with Gasteiger partial charge in [0.15, 0.2) is 10.9 Å². The van der Waals surface area contributed by atoms with E-state index in [2.05, 4.69) is 9.97 Å². The molecule has 0 spiro atoms. The summed E-state index contributed by atoms with van der Waals surface area (Å²) in [7, 11) is -4.44. The molecule has 8 heteroatoms. The largest absolute Gasteiger partial charge is 0.354 e. The highest BCUT2D eigenvalue weighted by Crippen LogP contribution is 2.26. The zero-order chi connectivity index (χ0) is 21.4. The highest BCUT2D eigenvalue weighted by Gasteiger charge is 2.17. The molecule has 3 N–H and O–H groups in total. The van der Waals surface area contributed by atoms with Crippen LogP contribution in [0.3, 0.4) is 0 Å². The number of aromatic nitrogens is 2. The second kappa shape index (κ2) is 6.01. The van der Waals surface area contributed by atoms with Gasteiger partial charge in [-0.25, -0.2) is 0 Å². The summed E-state index contributed by atoms with van der Waals surface area (Å²) in [6.45, 7) is 3.68. The van der Waals surface area contributed by atoms with E-state index < -0.39 is 10.1 Å². The van der Waals surface area contributed by atoms with Gasteiger partial charge in [-0.2, -0.15) is 8.42 Å². The topological polar surface area (TPSA) is 120 Å². The third kappa shape index (κ3) is 2.58. The van der Waals surface area contributed by atoms with Gasteiger partial charge >= 0.3 is 0 Å². The van der Waals surface area contributed by atoms with Crippen LogP contribution in [0.15, 0.2) is 56.9 Å². The summed E-state index contributed by atoms with van der Waals surface area (Å²) in [5.41, 5.74) is 3.20. The zero-order valence-electron chi connectivity index (χ0n) is 16.0. The lowest BCUT2D eigenvalue weighted by Gasteiger charge is -2.11. The number of nitrogens with one attached hydrogen (secondary N) is 2. The van der Waals surface area contributed by atoms with Gasteiger partial charge in [-0.05, 0) is 61.4 Å². The van der Waals surface area contributed by atoms with Crippen LogP contribution in [0.25, 0.3) is 43.6 Å². The molecule has 3 aromatic carbocycles. The van der Waals surface area contributed by atoms with Crippen molar-refractivity contribution in [3.05, 3.63) is 74.0 Å². The van der Waals surface area contributed by atoms with Gasteiger partial charge in [0.05, 0.1) is 26.8 Å². The molecule has 0 aliphatic heterocycles. The SMILES string of the molecule is Cc1ccc2c(=O)c3cc4[nH]c5ccc(S(=O)(=O)O)cc5c(=O)c4c(C)c3[nH]c2c1. The minimum absolute atomic E-state index is 0.133. The first kappa shape index (κ1) is 18.5. The predicted octanol–water partition coefficient (Wildman–Crippen LogP) is 3.54. The summed E-state index contributed by atoms with van der Waals surface area (Å²) >= 11 is 0. The van der Waals surface area contributed by atoms with E-state index in [-0.39, 0.29) is 21.1 Å². The van der Waals surface area contributed by atoms with Crippen molar-refractivity contribution in [1.29, 1.82) is 0 Å². The van der Waals surface area contributed by atoms with Crippen molar-refractivity contribution in [2.75, 3.05) is 0 Å². The smallest absolute Gasteiger partial charge is 0.294 e. The van der Waals surface area contributed by atoms with Crippen molar-refractivity contribution in [2.45, 2.75) is 18.7 Å². The molecule has 5 aromatic rings. The van der Waals surface area contributed by atoms with E-state index in [1.807, 2.05) is 19.1 Å². The number of aryl methyl sites for hydroxylation is 2. The van der Waals surface area contributed by atoms with Crippen molar-refractivity contribution >= 4 is 53.7 Å². The Morgan fingerprint density at radius 2 is 1.53 bits per heavy atom. The zero-order valence-corrected chi connectivity index (χ0v) is 16.8. The van der Waals surface area contributed by atoms with E-state index in [0.717, 1.165) is 11.6 Å². The van der Waals surface area contributed by atoms with Gasteiger partial charge < -0.3 is 9.97 Å². The molecular weight excluding hydrogens is 404 g/mol. The molecule has 7 nitrogen and oxygen atoms in total. The highest BCUT2D eigenvalue weighted by atomic mass is 32.2. The van der Waals surface area contributed by atoms with Crippen molar-refractivity contribution in [3.8, 4) is 0 Å². The standard InChI is InChI=1S/C22H16N2O5S/c1-10-3-5-13-17(7-10)24-20-11(2)19-18(9-15(20)21(13)25)23-16-6-4-12(30(27,28)29)8-14(16)22(19)26/h3-9H,1-2H3,(H,23,26)(H,24,25)(H,27,28,29). The summed E-state index contributed by atoms with van der Waals surface area (Å²) < 4.78 is 32.3. The maximum absolute atomic E-state index is 13.2. The number of fused-ring (bicyclic) bond motifs is 4.